The second-order valence-electron chi connectivity index (χ2n) is 4.55. The van der Waals surface area contributed by atoms with Crippen molar-refractivity contribution in [2.24, 2.45) is 5.92 Å². The van der Waals surface area contributed by atoms with Gasteiger partial charge in [-0.25, -0.2) is 0 Å². The summed E-state index contributed by atoms with van der Waals surface area (Å²) >= 11 is 0. The molecule has 0 aliphatic heterocycles. The first kappa shape index (κ1) is 11.8. The molecular weight excluding hydrogens is 172 g/mol. The molecule has 0 heterocycles. The van der Waals surface area contributed by atoms with Gasteiger partial charge in [0.25, 0.3) is 0 Å². The lowest BCUT2D eigenvalue weighted by Crippen LogP contribution is -1.86. The summed E-state index contributed by atoms with van der Waals surface area (Å²) in [5.41, 5.74) is 0. The van der Waals surface area contributed by atoms with E-state index in [2.05, 4.69) is 6.58 Å². The van der Waals surface area contributed by atoms with Gasteiger partial charge in [0.2, 0.25) is 0 Å². The fraction of sp³-hybridized carbons (Fsp3) is 0.846. The molecule has 0 spiro atoms. The van der Waals surface area contributed by atoms with Crippen molar-refractivity contribution in [1.29, 1.82) is 0 Å². The molecule has 1 saturated carbocycles. The van der Waals surface area contributed by atoms with E-state index < -0.39 is 0 Å². The Morgan fingerprint density at radius 2 is 1.64 bits per heavy atom. The molecule has 1 rings (SSSR count). The van der Waals surface area contributed by atoms with Crippen LogP contribution in [0.25, 0.3) is 0 Å². The molecule has 1 fully saturated rings. The average Bonchev–Trinajstić information content (AvgIpc) is 2.87. The Hall–Kier alpha value is -0.300. The smallest absolute Gasteiger partial charge is 0.0573 e. The molecule has 0 radical (unpaired) electrons. The Balaban J connectivity index is 1.69. The van der Waals surface area contributed by atoms with E-state index in [1.54, 1.807) is 0 Å². The predicted octanol–water partition coefficient (Wildman–Crippen LogP) is 3.67. The molecule has 2 atom stereocenters. The van der Waals surface area contributed by atoms with E-state index >= 15 is 0 Å². The van der Waals surface area contributed by atoms with Crippen molar-refractivity contribution in [3.8, 4) is 0 Å². The lowest BCUT2D eigenvalue weighted by atomic mass is 10.1. The summed E-state index contributed by atoms with van der Waals surface area (Å²) < 4.78 is 0. The van der Waals surface area contributed by atoms with Gasteiger partial charge in [-0.05, 0) is 31.6 Å². The zero-order chi connectivity index (χ0) is 10.2. The maximum absolute atomic E-state index is 9.12. The molecule has 0 amide bonds. The van der Waals surface area contributed by atoms with E-state index in [-0.39, 0.29) is 6.10 Å². The van der Waals surface area contributed by atoms with Gasteiger partial charge in [-0.1, -0.05) is 38.2 Å². The zero-order valence-electron chi connectivity index (χ0n) is 9.25. The van der Waals surface area contributed by atoms with Crippen LogP contribution in [0.3, 0.4) is 0 Å². The molecule has 1 N–H and O–H groups in total. The summed E-state index contributed by atoms with van der Waals surface area (Å²) in [5.74, 6) is 0.663. The van der Waals surface area contributed by atoms with Gasteiger partial charge in [-0.3, -0.25) is 0 Å². The molecule has 1 aliphatic carbocycles. The van der Waals surface area contributed by atoms with Crippen LogP contribution in [0.15, 0.2) is 12.7 Å². The number of hydrogen-bond acceptors (Lipinski definition) is 1. The molecule has 0 aromatic heterocycles. The average molecular weight is 196 g/mol. The Labute approximate surface area is 88.2 Å². The SMILES string of the molecule is C=CCCCCCCCCC1CC1O. The van der Waals surface area contributed by atoms with Crippen molar-refractivity contribution >= 4 is 0 Å². The number of allylic oxidation sites excluding steroid dienone is 1. The number of hydrogen-bond donors (Lipinski definition) is 1. The third-order valence-corrected chi connectivity index (χ3v) is 3.12. The van der Waals surface area contributed by atoms with E-state index in [0.717, 1.165) is 6.42 Å². The van der Waals surface area contributed by atoms with Crippen LogP contribution in [-0.4, -0.2) is 11.2 Å². The zero-order valence-corrected chi connectivity index (χ0v) is 9.25. The van der Waals surface area contributed by atoms with Gasteiger partial charge in [0.1, 0.15) is 0 Å². The molecule has 0 bridgehead atoms. The van der Waals surface area contributed by atoms with Crippen LogP contribution in [-0.2, 0) is 0 Å². The number of rotatable bonds is 9. The third-order valence-electron chi connectivity index (χ3n) is 3.12. The first-order chi connectivity index (χ1) is 6.84. The standard InChI is InChI=1S/C13H24O/c1-2-3-4-5-6-7-8-9-10-12-11-13(12)14/h2,12-14H,1,3-11H2. The lowest BCUT2D eigenvalue weighted by Gasteiger charge is -2.00. The predicted molar refractivity (Wildman–Crippen MR) is 61.2 cm³/mol. The second kappa shape index (κ2) is 7.05. The summed E-state index contributed by atoms with van der Waals surface area (Å²) in [6.45, 7) is 3.72. The van der Waals surface area contributed by atoms with Crippen molar-refractivity contribution in [3.05, 3.63) is 12.7 Å². The normalized spacial score (nSPS) is 24.9. The molecule has 14 heavy (non-hydrogen) atoms. The monoisotopic (exact) mass is 196 g/mol. The fourth-order valence-electron chi connectivity index (χ4n) is 1.94. The summed E-state index contributed by atoms with van der Waals surface area (Å²) in [6, 6.07) is 0. The molecule has 82 valence electrons. The van der Waals surface area contributed by atoms with E-state index in [9.17, 15) is 0 Å². The van der Waals surface area contributed by atoms with Crippen LogP contribution in [0, 0.1) is 5.92 Å². The Kier molecular flexibility index (Phi) is 5.93. The molecular formula is C13H24O. The van der Waals surface area contributed by atoms with Gasteiger partial charge in [-0.15, -0.1) is 6.58 Å². The van der Waals surface area contributed by atoms with Crippen LogP contribution >= 0.6 is 0 Å². The van der Waals surface area contributed by atoms with Crippen molar-refractivity contribution in [3.63, 3.8) is 0 Å². The lowest BCUT2D eigenvalue weighted by molar-refractivity contribution is 0.255. The third kappa shape index (κ3) is 5.43. The van der Waals surface area contributed by atoms with E-state index in [1.807, 2.05) is 6.08 Å². The second-order valence-corrected chi connectivity index (χ2v) is 4.55. The number of aliphatic hydroxyl groups excluding tert-OH is 1. The highest BCUT2D eigenvalue weighted by molar-refractivity contribution is 4.85. The number of unbranched alkanes of at least 4 members (excludes halogenated alkanes) is 6. The van der Waals surface area contributed by atoms with Crippen LogP contribution in [0.5, 0.6) is 0 Å². The van der Waals surface area contributed by atoms with Crippen molar-refractivity contribution in [2.75, 3.05) is 0 Å². The van der Waals surface area contributed by atoms with Crippen LogP contribution in [0.2, 0.25) is 0 Å². The quantitative estimate of drug-likeness (QED) is 0.440. The molecule has 0 aromatic rings. The maximum atomic E-state index is 9.12. The van der Waals surface area contributed by atoms with Crippen LogP contribution < -0.4 is 0 Å². The first-order valence-electron chi connectivity index (χ1n) is 6.13. The summed E-state index contributed by atoms with van der Waals surface area (Å²) in [4.78, 5) is 0. The highest BCUT2D eigenvalue weighted by atomic mass is 16.3. The topological polar surface area (TPSA) is 20.2 Å². The summed E-state index contributed by atoms with van der Waals surface area (Å²) in [5, 5.41) is 9.12. The van der Waals surface area contributed by atoms with Crippen LogP contribution in [0.1, 0.15) is 57.8 Å². The van der Waals surface area contributed by atoms with E-state index in [0.29, 0.717) is 5.92 Å². The van der Waals surface area contributed by atoms with Crippen molar-refractivity contribution in [2.45, 2.75) is 63.9 Å². The minimum absolute atomic E-state index is 0.0580. The Morgan fingerprint density at radius 3 is 2.21 bits per heavy atom. The minimum atomic E-state index is 0.0580. The highest BCUT2D eigenvalue weighted by Gasteiger charge is 2.33. The fourth-order valence-corrected chi connectivity index (χ4v) is 1.94. The van der Waals surface area contributed by atoms with Gasteiger partial charge < -0.3 is 5.11 Å². The van der Waals surface area contributed by atoms with E-state index in [1.165, 1.54) is 51.4 Å². The first-order valence-corrected chi connectivity index (χ1v) is 6.13. The number of aliphatic hydroxyl groups is 1. The Bertz CT molecular complexity index is 153. The van der Waals surface area contributed by atoms with Crippen LogP contribution in [0.4, 0.5) is 0 Å². The Morgan fingerprint density at radius 1 is 1.07 bits per heavy atom. The molecule has 1 aliphatic rings. The molecule has 0 aromatic carbocycles. The van der Waals surface area contributed by atoms with Gasteiger partial charge in [0.05, 0.1) is 6.10 Å². The van der Waals surface area contributed by atoms with Gasteiger partial charge in [0.15, 0.2) is 0 Å². The van der Waals surface area contributed by atoms with Crippen molar-refractivity contribution in [1.82, 2.24) is 0 Å². The van der Waals surface area contributed by atoms with E-state index in [4.69, 9.17) is 5.11 Å². The highest BCUT2D eigenvalue weighted by Crippen LogP contribution is 2.34. The molecule has 1 nitrogen and oxygen atoms in total. The molecule has 1 heteroatoms. The van der Waals surface area contributed by atoms with Gasteiger partial charge in [0, 0.05) is 0 Å². The summed E-state index contributed by atoms with van der Waals surface area (Å²) in [7, 11) is 0. The molecule has 0 saturated heterocycles. The largest absolute Gasteiger partial charge is 0.393 e. The van der Waals surface area contributed by atoms with Crippen molar-refractivity contribution < 1.29 is 5.11 Å². The summed E-state index contributed by atoms with van der Waals surface area (Å²) in [6.07, 6.45) is 13.7. The maximum Gasteiger partial charge on any atom is 0.0573 e. The van der Waals surface area contributed by atoms with Gasteiger partial charge >= 0.3 is 0 Å². The molecule has 2 unspecified atom stereocenters. The minimum Gasteiger partial charge on any atom is -0.393 e. The van der Waals surface area contributed by atoms with Gasteiger partial charge in [-0.2, -0.15) is 0 Å².